The van der Waals surface area contributed by atoms with Gasteiger partial charge in [-0.15, -0.1) is 10.2 Å². The van der Waals surface area contributed by atoms with Crippen molar-refractivity contribution in [1.82, 2.24) is 25.2 Å². The van der Waals surface area contributed by atoms with Gasteiger partial charge >= 0.3 is 0 Å². The molecule has 36 heavy (non-hydrogen) atoms. The number of carbonyl (C=O) groups is 1. The van der Waals surface area contributed by atoms with Crippen LogP contribution in [0.5, 0.6) is 11.5 Å². The van der Waals surface area contributed by atoms with Gasteiger partial charge in [-0.25, -0.2) is 5.43 Å². The summed E-state index contributed by atoms with van der Waals surface area (Å²) in [6.45, 7) is 2.45. The largest absolute Gasteiger partial charge is 0.493 e. The van der Waals surface area contributed by atoms with Gasteiger partial charge in [0, 0.05) is 28.1 Å². The normalized spacial score (nSPS) is 11.0. The van der Waals surface area contributed by atoms with Crippen molar-refractivity contribution in [3.63, 3.8) is 0 Å². The summed E-state index contributed by atoms with van der Waals surface area (Å²) in [5.41, 5.74) is 5.06. The predicted octanol–water partition coefficient (Wildman–Crippen LogP) is 4.74. The third-order valence-electron chi connectivity index (χ3n) is 4.88. The average molecular weight is 567 g/mol. The molecule has 1 amide bonds. The van der Waals surface area contributed by atoms with Gasteiger partial charge in [0.05, 0.1) is 25.7 Å². The van der Waals surface area contributed by atoms with Crippen molar-refractivity contribution in [2.24, 2.45) is 5.10 Å². The van der Waals surface area contributed by atoms with Crippen LogP contribution < -0.4 is 14.9 Å². The van der Waals surface area contributed by atoms with Crippen molar-refractivity contribution in [1.29, 1.82) is 0 Å². The number of halogens is 1. The number of benzene rings is 2. The van der Waals surface area contributed by atoms with Crippen molar-refractivity contribution in [3.05, 3.63) is 77.0 Å². The van der Waals surface area contributed by atoms with Gasteiger partial charge in [0.1, 0.15) is 0 Å². The fourth-order valence-electron chi connectivity index (χ4n) is 3.25. The molecule has 4 rings (SSSR count). The van der Waals surface area contributed by atoms with E-state index in [2.05, 4.69) is 41.6 Å². The highest BCUT2D eigenvalue weighted by atomic mass is 79.9. The summed E-state index contributed by atoms with van der Waals surface area (Å²) < 4.78 is 13.7. The molecular weight excluding hydrogens is 544 g/mol. The van der Waals surface area contributed by atoms with Crippen molar-refractivity contribution in [2.45, 2.75) is 12.1 Å². The number of methoxy groups -OCH3 is 1. The standard InChI is InChI=1S/C25H23BrN6O3S/c1-3-35-21-9-4-17(14-22(21)34-2)15-28-29-23(33)16-36-25-31-30-24(18-10-12-27-13-11-18)32(25)20-7-5-19(26)6-8-20/h4-15H,3,16H2,1-2H3,(H,29,33)/b28-15-. The minimum atomic E-state index is -0.273. The summed E-state index contributed by atoms with van der Waals surface area (Å²) in [6.07, 6.45) is 4.95. The van der Waals surface area contributed by atoms with E-state index in [0.717, 1.165) is 21.3 Å². The first kappa shape index (κ1) is 25.4. The van der Waals surface area contributed by atoms with E-state index in [4.69, 9.17) is 9.47 Å². The quantitative estimate of drug-likeness (QED) is 0.168. The Balaban J connectivity index is 1.45. The Labute approximate surface area is 221 Å². The molecule has 0 saturated carbocycles. The molecule has 0 aliphatic carbocycles. The molecule has 2 aromatic heterocycles. The van der Waals surface area contributed by atoms with Crippen LogP contribution in [0, 0.1) is 0 Å². The number of nitrogens with zero attached hydrogens (tertiary/aromatic N) is 5. The Morgan fingerprint density at radius 1 is 1.11 bits per heavy atom. The van der Waals surface area contributed by atoms with Crippen LogP contribution in [0.2, 0.25) is 0 Å². The van der Waals surface area contributed by atoms with E-state index in [1.807, 2.05) is 54.0 Å². The Hall–Kier alpha value is -3.70. The van der Waals surface area contributed by atoms with Crippen LogP contribution in [0.3, 0.4) is 0 Å². The van der Waals surface area contributed by atoms with Crippen LogP contribution in [-0.2, 0) is 4.79 Å². The Bertz CT molecular complexity index is 1350. The summed E-state index contributed by atoms with van der Waals surface area (Å²) in [6, 6.07) is 17.0. The van der Waals surface area contributed by atoms with Gasteiger partial charge in [-0.05, 0) is 67.1 Å². The third-order valence-corrected chi connectivity index (χ3v) is 6.34. The van der Waals surface area contributed by atoms with Crippen LogP contribution in [0.4, 0.5) is 0 Å². The Morgan fingerprint density at radius 3 is 2.61 bits per heavy atom. The molecule has 4 aromatic rings. The van der Waals surface area contributed by atoms with E-state index in [1.54, 1.807) is 37.9 Å². The molecule has 184 valence electrons. The molecule has 0 unspecified atom stereocenters. The number of hydrogen-bond acceptors (Lipinski definition) is 8. The van der Waals surface area contributed by atoms with Crippen LogP contribution in [-0.4, -0.2) is 51.3 Å². The highest BCUT2D eigenvalue weighted by Gasteiger charge is 2.17. The highest BCUT2D eigenvalue weighted by molar-refractivity contribution is 9.10. The molecule has 0 fully saturated rings. The van der Waals surface area contributed by atoms with Gasteiger partial charge in [0.25, 0.3) is 5.91 Å². The number of carbonyl (C=O) groups excluding carboxylic acids is 1. The van der Waals surface area contributed by atoms with E-state index >= 15 is 0 Å². The maximum absolute atomic E-state index is 12.5. The lowest BCUT2D eigenvalue weighted by atomic mass is 10.2. The molecule has 1 N–H and O–H groups in total. The van der Waals surface area contributed by atoms with Gasteiger partial charge < -0.3 is 9.47 Å². The topological polar surface area (TPSA) is 104 Å². The first-order valence-corrected chi connectivity index (χ1v) is 12.7. The SMILES string of the molecule is CCOc1ccc(/C=N\NC(=O)CSc2nnc(-c3ccncc3)n2-c2ccc(Br)cc2)cc1OC. The first-order valence-electron chi connectivity index (χ1n) is 11.0. The van der Waals surface area contributed by atoms with Crippen molar-refractivity contribution < 1.29 is 14.3 Å². The van der Waals surface area contributed by atoms with E-state index in [0.29, 0.717) is 29.1 Å². The minimum Gasteiger partial charge on any atom is -0.493 e. The molecule has 0 bridgehead atoms. The molecule has 0 aliphatic rings. The van der Waals surface area contributed by atoms with E-state index in [1.165, 1.54) is 11.8 Å². The summed E-state index contributed by atoms with van der Waals surface area (Å²) in [5, 5.41) is 13.3. The zero-order valence-corrected chi connectivity index (χ0v) is 22.0. The zero-order valence-electron chi connectivity index (χ0n) is 19.6. The van der Waals surface area contributed by atoms with Crippen molar-refractivity contribution >= 4 is 39.8 Å². The molecule has 11 heteroatoms. The monoisotopic (exact) mass is 566 g/mol. The lowest BCUT2D eigenvalue weighted by Crippen LogP contribution is -2.20. The van der Waals surface area contributed by atoms with Crippen molar-refractivity contribution in [3.8, 4) is 28.6 Å². The Morgan fingerprint density at radius 2 is 1.89 bits per heavy atom. The van der Waals surface area contributed by atoms with E-state index in [-0.39, 0.29) is 11.7 Å². The number of nitrogens with one attached hydrogen (secondary N) is 1. The maximum Gasteiger partial charge on any atom is 0.250 e. The molecule has 0 aliphatic heterocycles. The summed E-state index contributed by atoms with van der Waals surface area (Å²) in [7, 11) is 1.57. The lowest BCUT2D eigenvalue weighted by molar-refractivity contribution is -0.118. The molecule has 9 nitrogen and oxygen atoms in total. The number of ether oxygens (including phenoxy) is 2. The average Bonchev–Trinajstić information content (AvgIpc) is 3.33. The molecule has 0 radical (unpaired) electrons. The molecule has 2 aromatic carbocycles. The number of hydrazone groups is 1. The highest BCUT2D eigenvalue weighted by Crippen LogP contribution is 2.29. The molecule has 0 atom stereocenters. The summed E-state index contributed by atoms with van der Waals surface area (Å²) >= 11 is 4.74. The third kappa shape index (κ3) is 6.29. The molecule has 2 heterocycles. The number of hydrogen-bond donors (Lipinski definition) is 1. The lowest BCUT2D eigenvalue weighted by Gasteiger charge is -2.10. The van der Waals surface area contributed by atoms with E-state index in [9.17, 15) is 4.79 Å². The number of rotatable bonds is 10. The number of amides is 1. The summed E-state index contributed by atoms with van der Waals surface area (Å²) in [5.74, 6) is 1.74. The van der Waals surface area contributed by atoms with Crippen LogP contribution in [0.1, 0.15) is 12.5 Å². The maximum atomic E-state index is 12.5. The second-order valence-electron chi connectivity index (χ2n) is 7.28. The van der Waals surface area contributed by atoms with Crippen molar-refractivity contribution in [2.75, 3.05) is 19.5 Å². The van der Waals surface area contributed by atoms with Gasteiger partial charge in [-0.2, -0.15) is 5.10 Å². The predicted molar refractivity (Wildman–Crippen MR) is 143 cm³/mol. The van der Waals surface area contributed by atoms with Crippen LogP contribution in [0.15, 0.2) is 81.7 Å². The second-order valence-corrected chi connectivity index (χ2v) is 9.14. The second kappa shape index (κ2) is 12.3. The van der Waals surface area contributed by atoms with Crippen LogP contribution >= 0.6 is 27.7 Å². The summed E-state index contributed by atoms with van der Waals surface area (Å²) in [4.78, 5) is 16.6. The van der Waals surface area contributed by atoms with Gasteiger partial charge in [-0.3, -0.25) is 14.3 Å². The Kier molecular flexibility index (Phi) is 8.69. The first-order chi connectivity index (χ1) is 17.6. The number of thioether (sulfide) groups is 1. The molecule has 0 saturated heterocycles. The van der Waals surface area contributed by atoms with Gasteiger partial charge in [-0.1, -0.05) is 27.7 Å². The van der Waals surface area contributed by atoms with Gasteiger partial charge in [0.2, 0.25) is 0 Å². The van der Waals surface area contributed by atoms with Crippen LogP contribution in [0.25, 0.3) is 17.1 Å². The van der Waals surface area contributed by atoms with E-state index < -0.39 is 0 Å². The smallest absolute Gasteiger partial charge is 0.250 e. The molecular formula is C25H23BrN6O3S. The molecule has 0 spiro atoms. The van der Waals surface area contributed by atoms with Gasteiger partial charge in [0.15, 0.2) is 22.5 Å². The number of aromatic nitrogens is 4. The zero-order chi connectivity index (χ0) is 25.3. The number of pyridine rings is 1. The fourth-order valence-corrected chi connectivity index (χ4v) is 4.26. The fraction of sp³-hybridized carbons (Fsp3) is 0.160. The minimum absolute atomic E-state index is 0.106.